The molecule has 1 aliphatic heterocycles. The third-order valence-corrected chi connectivity index (χ3v) is 5.02. The Kier molecular flexibility index (Phi) is 3.96. The molecule has 118 valence electrons. The highest BCUT2D eigenvalue weighted by atomic mass is 32.2. The topological polar surface area (TPSA) is 76.3 Å². The van der Waals surface area contributed by atoms with E-state index >= 15 is 0 Å². The van der Waals surface area contributed by atoms with Crippen molar-refractivity contribution in [2.75, 3.05) is 19.3 Å². The van der Waals surface area contributed by atoms with Crippen LogP contribution in [0.15, 0.2) is 28.7 Å². The maximum atomic E-state index is 13.7. The smallest absolute Gasteiger partial charge is 0.250 e. The minimum Gasteiger partial charge on any atom is -0.420 e. The van der Waals surface area contributed by atoms with Crippen LogP contribution in [0.2, 0.25) is 0 Å². The number of nitrogens with zero attached hydrogens (tertiary/aromatic N) is 3. The van der Waals surface area contributed by atoms with E-state index in [9.17, 15) is 12.8 Å². The maximum Gasteiger partial charge on any atom is 0.250 e. The van der Waals surface area contributed by atoms with E-state index in [-0.39, 0.29) is 17.4 Å². The number of hydrogen-bond donors (Lipinski definition) is 0. The van der Waals surface area contributed by atoms with E-state index in [1.807, 2.05) is 0 Å². The van der Waals surface area contributed by atoms with Crippen molar-refractivity contribution in [1.29, 1.82) is 0 Å². The number of rotatable bonds is 3. The molecule has 6 nitrogen and oxygen atoms in total. The van der Waals surface area contributed by atoms with Crippen LogP contribution in [-0.4, -0.2) is 42.3 Å². The lowest BCUT2D eigenvalue weighted by atomic mass is 10.00. The summed E-state index contributed by atoms with van der Waals surface area (Å²) in [6.45, 7) is 0.821. The van der Waals surface area contributed by atoms with Crippen LogP contribution in [0.25, 0.3) is 11.5 Å². The van der Waals surface area contributed by atoms with Gasteiger partial charge < -0.3 is 4.42 Å². The highest BCUT2D eigenvalue weighted by Gasteiger charge is 2.30. The van der Waals surface area contributed by atoms with Gasteiger partial charge in [0.05, 0.1) is 17.7 Å². The molecule has 22 heavy (non-hydrogen) atoms. The van der Waals surface area contributed by atoms with Gasteiger partial charge in [-0.3, -0.25) is 0 Å². The van der Waals surface area contributed by atoms with Gasteiger partial charge in [-0.05, 0) is 25.0 Å². The summed E-state index contributed by atoms with van der Waals surface area (Å²) in [5.41, 5.74) is 0.247. The molecule has 1 aromatic heterocycles. The van der Waals surface area contributed by atoms with Gasteiger partial charge in [-0.15, -0.1) is 10.2 Å². The first kappa shape index (κ1) is 15.1. The third-order valence-electron chi connectivity index (χ3n) is 3.75. The molecule has 2 aromatic rings. The largest absolute Gasteiger partial charge is 0.420 e. The van der Waals surface area contributed by atoms with Crippen molar-refractivity contribution in [3.63, 3.8) is 0 Å². The van der Waals surface area contributed by atoms with Gasteiger partial charge in [-0.25, -0.2) is 17.1 Å². The Morgan fingerprint density at radius 2 is 2.09 bits per heavy atom. The zero-order valence-corrected chi connectivity index (χ0v) is 12.9. The number of hydrogen-bond acceptors (Lipinski definition) is 5. The average molecular weight is 325 g/mol. The van der Waals surface area contributed by atoms with Crippen molar-refractivity contribution in [2.24, 2.45) is 0 Å². The van der Waals surface area contributed by atoms with Gasteiger partial charge in [-0.2, -0.15) is 0 Å². The van der Waals surface area contributed by atoms with Crippen molar-refractivity contribution < 1.29 is 17.2 Å². The molecule has 1 aliphatic rings. The van der Waals surface area contributed by atoms with Crippen LogP contribution >= 0.6 is 0 Å². The van der Waals surface area contributed by atoms with Crippen LogP contribution < -0.4 is 0 Å². The molecule has 8 heteroatoms. The van der Waals surface area contributed by atoms with E-state index in [0.29, 0.717) is 19.0 Å². The zero-order valence-electron chi connectivity index (χ0n) is 12.1. The first-order chi connectivity index (χ1) is 10.4. The molecular formula is C14H16FN3O3S. The van der Waals surface area contributed by atoms with Crippen LogP contribution in [-0.2, 0) is 10.0 Å². The first-order valence-corrected chi connectivity index (χ1v) is 8.83. The predicted molar refractivity (Wildman–Crippen MR) is 78.1 cm³/mol. The number of halogens is 1. The summed E-state index contributed by atoms with van der Waals surface area (Å²) in [6.07, 6.45) is 2.69. The van der Waals surface area contributed by atoms with Crippen molar-refractivity contribution in [2.45, 2.75) is 18.8 Å². The predicted octanol–water partition coefficient (Wildman–Crippen LogP) is 2.01. The normalized spacial score (nSPS) is 20.2. The van der Waals surface area contributed by atoms with Crippen molar-refractivity contribution >= 4 is 10.0 Å². The second-order valence-corrected chi connectivity index (χ2v) is 7.37. The molecule has 0 bridgehead atoms. The average Bonchev–Trinajstić information content (AvgIpc) is 2.97. The molecule has 3 rings (SSSR count). The van der Waals surface area contributed by atoms with Crippen molar-refractivity contribution in [1.82, 2.24) is 14.5 Å². The molecule has 0 radical (unpaired) electrons. The van der Waals surface area contributed by atoms with Crippen LogP contribution in [0.4, 0.5) is 4.39 Å². The molecule has 2 heterocycles. The molecule has 1 aromatic carbocycles. The fourth-order valence-corrected chi connectivity index (χ4v) is 3.50. The van der Waals surface area contributed by atoms with Crippen LogP contribution in [0.1, 0.15) is 24.7 Å². The lowest BCUT2D eigenvalue weighted by Crippen LogP contribution is -2.38. The highest BCUT2D eigenvalue weighted by Crippen LogP contribution is 2.29. The van der Waals surface area contributed by atoms with E-state index in [1.54, 1.807) is 18.2 Å². The quantitative estimate of drug-likeness (QED) is 0.863. The molecule has 0 amide bonds. The summed E-state index contributed by atoms with van der Waals surface area (Å²) in [6, 6.07) is 6.16. The van der Waals surface area contributed by atoms with Gasteiger partial charge in [0, 0.05) is 13.1 Å². The second-order valence-electron chi connectivity index (χ2n) is 5.39. The molecule has 0 N–H and O–H groups in total. The van der Waals surface area contributed by atoms with Gasteiger partial charge in [0.15, 0.2) is 0 Å². The van der Waals surface area contributed by atoms with E-state index < -0.39 is 15.8 Å². The molecule has 1 saturated heterocycles. The monoisotopic (exact) mass is 325 g/mol. The van der Waals surface area contributed by atoms with Crippen molar-refractivity contribution in [3.8, 4) is 11.5 Å². The molecule has 0 spiro atoms. The Morgan fingerprint density at radius 3 is 2.82 bits per heavy atom. The fourth-order valence-electron chi connectivity index (χ4n) is 2.59. The van der Waals surface area contributed by atoms with Gasteiger partial charge >= 0.3 is 0 Å². The molecule has 1 fully saturated rings. The number of piperidine rings is 1. The standard InChI is InChI=1S/C14H16FN3O3S/c1-22(19,20)18-8-4-5-10(9-18)13-16-17-14(21-13)11-6-2-3-7-12(11)15/h2-3,6-7,10H,4-5,8-9H2,1H3/t10-/m1/s1. The van der Waals surface area contributed by atoms with Gasteiger partial charge in [0.2, 0.25) is 15.9 Å². The molecule has 0 unspecified atom stereocenters. The minimum atomic E-state index is -3.24. The Labute approximate surface area is 128 Å². The lowest BCUT2D eigenvalue weighted by Gasteiger charge is -2.28. The zero-order chi connectivity index (χ0) is 15.7. The summed E-state index contributed by atoms with van der Waals surface area (Å²) in [5.74, 6) is -0.119. The molecule has 1 atom stereocenters. The van der Waals surface area contributed by atoms with E-state index in [4.69, 9.17) is 4.42 Å². The van der Waals surface area contributed by atoms with Gasteiger partial charge in [0.1, 0.15) is 5.82 Å². The highest BCUT2D eigenvalue weighted by molar-refractivity contribution is 7.88. The van der Waals surface area contributed by atoms with Crippen LogP contribution in [0.5, 0.6) is 0 Å². The number of benzene rings is 1. The summed E-state index contributed by atoms with van der Waals surface area (Å²) < 4.78 is 44.0. The van der Waals surface area contributed by atoms with E-state index in [1.165, 1.54) is 16.6 Å². The molecule has 0 saturated carbocycles. The van der Waals surface area contributed by atoms with Crippen LogP contribution in [0.3, 0.4) is 0 Å². The molecule has 0 aliphatic carbocycles. The Bertz CT molecular complexity index is 775. The van der Waals surface area contributed by atoms with Gasteiger partial charge in [-0.1, -0.05) is 12.1 Å². The Morgan fingerprint density at radius 1 is 1.32 bits per heavy atom. The minimum absolute atomic E-state index is 0.115. The third kappa shape index (κ3) is 3.02. The number of sulfonamides is 1. The second kappa shape index (κ2) is 5.77. The summed E-state index contributed by atoms with van der Waals surface area (Å²) in [5, 5.41) is 7.85. The first-order valence-electron chi connectivity index (χ1n) is 6.98. The lowest BCUT2D eigenvalue weighted by molar-refractivity contribution is 0.287. The fraction of sp³-hybridized carbons (Fsp3) is 0.429. The number of aromatic nitrogens is 2. The summed E-state index contributed by atoms with van der Waals surface area (Å²) in [4.78, 5) is 0. The Balaban J connectivity index is 1.84. The summed E-state index contributed by atoms with van der Waals surface area (Å²) in [7, 11) is -3.24. The van der Waals surface area contributed by atoms with E-state index in [2.05, 4.69) is 10.2 Å². The Hall–Kier alpha value is -1.80. The van der Waals surface area contributed by atoms with Crippen molar-refractivity contribution in [3.05, 3.63) is 36.0 Å². The van der Waals surface area contributed by atoms with Gasteiger partial charge in [0.25, 0.3) is 5.89 Å². The molecular weight excluding hydrogens is 309 g/mol. The maximum absolute atomic E-state index is 13.7. The SMILES string of the molecule is CS(=O)(=O)N1CCC[C@@H](c2nnc(-c3ccccc3F)o2)C1. The summed E-state index contributed by atoms with van der Waals surface area (Å²) >= 11 is 0. The van der Waals surface area contributed by atoms with E-state index in [0.717, 1.165) is 12.8 Å². The van der Waals surface area contributed by atoms with Crippen LogP contribution in [0, 0.1) is 5.82 Å².